The Balaban J connectivity index is 1.68. The zero-order valence-electron chi connectivity index (χ0n) is 13.7. The highest BCUT2D eigenvalue weighted by molar-refractivity contribution is 5.35. The first kappa shape index (κ1) is 16.3. The molecule has 0 aromatic heterocycles. The quantitative estimate of drug-likeness (QED) is 0.782. The van der Waals surface area contributed by atoms with Gasteiger partial charge in [0.1, 0.15) is 5.75 Å². The Hall–Kier alpha value is -1.06. The number of aryl methyl sites for hydroxylation is 2. The van der Waals surface area contributed by atoms with Gasteiger partial charge in [0.15, 0.2) is 0 Å². The summed E-state index contributed by atoms with van der Waals surface area (Å²) >= 11 is 0. The Bertz CT molecular complexity index is 453. The van der Waals surface area contributed by atoms with Crippen molar-refractivity contribution in [1.82, 2.24) is 4.90 Å². The molecule has 2 rings (SSSR count). The monoisotopic (exact) mass is 291 g/mol. The van der Waals surface area contributed by atoms with Gasteiger partial charge >= 0.3 is 0 Å². The molecule has 3 heteroatoms. The van der Waals surface area contributed by atoms with E-state index in [1.54, 1.807) is 0 Å². The number of hydrogen-bond donors (Lipinski definition) is 1. The molecule has 3 nitrogen and oxygen atoms in total. The molecule has 0 heterocycles. The fourth-order valence-electron chi connectivity index (χ4n) is 3.15. The Kier molecular flexibility index (Phi) is 5.65. The fourth-order valence-corrected chi connectivity index (χ4v) is 3.15. The maximum Gasteiger partial charge on any atom is 0.122 e. The molecule has 1 aliphatic rings. The molecule has 1 N–H and O–H groups in total. The molecule has 0 spiro atoms. The number of likely N-dealkylation sites (N-methyl/N-ethyl adjacent to an activating group) is 1. The standard InChI is InChI=1S/C18H29NO2/c1-15-7-8-16(2)17(13-15)21-12-6-11-19(3)14-18(20)9-4-5-10-18/h7-8,13,20H,4-6,9-12,14H2,1-3H3. The van der Waals surface area contributed by atoms with E-state index < -0.39 is 5.60 Å². The van der Waals surface area contributed by atoms with Crippen LogP contribution in [0, 0.1) is 13.8 Å². The van der Waals surface area contributed by atoms with E-state index in [-0.39, 0.29) is 0 Å². The molecule has 0 saturated heterocycles. The van der Waals surface area contributed by atoms with Crippen molar-refractivity contribution in [2.24, 2.45) is 0 Å². The number of aliphatic hydroxyl groups is 1. The van der Waals surface area contributed by atoms with Gasteiger partial charge in [-0.25, -0.2) is 0 Å². The van der Waals surface area contributed by atoms with Crippen molar-refractivity contribution < 1.29 is 9.84 Å². The van der Waals surface area contributed by atoms with E-state index in [9.17, 15) is 5.11 Å². The van der Waals surface area contributed by atoms with E-state index in [1.807, 2.05) is 0 Å². The lowest BCUT2D eigenvalue weighted by atomic mass is 10.0. The average molecular weight is 291 g/mol. The largest absolute Gasteiger partial charge is 0.493 e. The minimum atomic E-state index is -0.442. The van der Waals surface area contributed by atoms with Gasteiger partial charge in [0, 0.05) is 13.1 Å². The van der Waals surface area contributed by atoms with Crippen LogP contribution >= 0.6 is 0 Å². The Morgan fingerprint density at radius 2 is 1.95 bits per heavy atom. The normalized spacial score (nSPS) is 17.4. The van der Waals surface area contributed by atoms with E-state index in [0.29, 0.717) is 0 Å². The zero-order valence-corrected chi connectivity index (χ0v) is 13.7. The van der Waals surface area contributed by atoms with Gasteiger partial charge in [0.2, 0.25) is 0 Å². The summed E-state index contributed by atoms with van der Waals surface area (Å²) < 4.78 is 5.87. The number of ether oxygens (including phenoxy) is 1. The number of benzene rings is 1. The molecule has 118 valence electrons. The summed E-state index contributed by atoms with van der Waals surface area (Å²) in [5, 5.41) is 10.4. The molecule has 0 radical (unpaired) electrons. The first-order valence-corrected chi connectivity index (χ1v) is 8.09. The second-order valence-electron chi connectivity index (χ2n) is 6.64. The van der Waals surface area contributed by atoms with Crippen LogP contribution < -0.4 is 4.74 Å². The maximum atomic E-state index is 10.4. The van der Waals surface area contributed by atoms with Crippen molar-refractivity contribution in [2.75, 3.05) is 26.7 Å². The predicted octanol–water partition coefficient (Wildman–Crippen LogP) is 3.31. The van der Waals surface area contributed by atoms with Crippen LogP contribution in [0.15, 0.2) is 18.2 Å². The lowest BCUT2D eigenvalue weighted by Gasteiger charge is -2.28. The summed E-state index contributed by atoms with van der Waals surface area (Å²) in [5.74, 6) is 0.993. The van der Waals surface area contributed by atoms with Crippen molar-refractivity contribution in [3.05, 3.63) is 29.3 Å². The second kappa shape index (κ2) is 7.28. The minimum absolute atomic E-state index is 0.442. The predicted molar refractivity (Wildman–Crippen MR) is 86.9 cm³/mol. The third-order valence-electron chi connectivity index (χ3n) is 4.38. The van der Waals surface area contributed by atoms with Gasteiger partial charge in [0.25, 0.3) is 0 Å². The van der Waals surface area contributed by atoms with E-state index in [0.717, 1.165) is 44.7 Å². The van der Waals surface area contributed by atoms with Gasteiger partial charge in [-0.15, -0.1) is 0 Å². The summed E-state index contributed by atoms with van der Waals surface area (Å²) in [6, 6.07) is 6.31. The first-order valence-electron chi connectivity index (χ1n) is 8.09. The van der Waals surface area contributed by atoms with Crippen LogP contribution in [0.25, 0.3) is 0 Å². The highest BCUT2D eigenvalue weighted by atomic mass is 16.5. The van der Waals surface area contributed by atoms with Gasteiger partial charge in [-0.05, 0) is 57.4 Å². The fraction of sp³-hybridized carbons (Fsp3) is 0.667. The molecule has 0 atom stereocenters. The van der Waals surface area contributed by atoms with Crippen LogP contribution in [-0.2, 0) is 0 Å². The van der Waals surface area contributed by atoms with Crippen molar-refractivity contribution in [1.29, 1.82) is 0 Å². The van der Waals surface area contributed by atoms with Crippen molar-refractivity contribution in [2.45, 2.75) is 51.6 Å². The number of hydrogen-bond acceptors (Lipinski definition) is 3. The summed E-state index contributed by atoms with van der Waals surface area (Å²) in [5.41, 5.74) is 1.98. The maximum absolute atomic E-state index is 10.4. The molecule has 0 aliphatic heterocycles. The topological polar surface area (TPSA) is 32.7 Å². The molecule has 1 fully saturated rings. The number of rotatable bonds is 7. The van der Waals surface area contributed by atoms with Gasteiger partial charge in [-0.1, -0.05) is 25.0 Å². The van der Waals surface area contributed by atoms with Crippen molar-refractivity contribution in [3.8, 4) is 5.75 Å². The number of nitrogens with zero attached hydrogens (tertiary/aromatic N) is 1. The third-order valence-corrected chi connectivity index (χ3v) is 4.38. The van der Waals surface area contributed by atoms with E-state index in [1.165, 1.54) is 24.0 Å². The Labute approximate surface area is 128 Å². The van der Waals surface area contributed by atoms with Gasteiger partial charge in [-0.2, -0.15) is 0 Å². The van der Waals surface area contributed by atoms with Gasteiger partial charge in [-0.3, -0.25) is 0 Å². The van der Waals surface area contributed by atoms with Crippen LogP contribution in [0.4, 0.5) is 0 Å². The summed E-state index contributed by atoms with van der Waals surface area (Å²) in [6.45, 7) is 6.65. The molecule has 1 aromatic rings. The smallest absolute Gasteiger partial charge is 0.122 e. The minimum Gasteiger partial charge on any atom is -0.493 e. The molecule has 0 bridgehead atoms. The van der Waals surface area contributed by atoms with E-state index >= 15 is 0 Å². The highest BCUT2D eigenvalue weighted by Gasteiger charge is 2.31. The molecule has 0 unspecified atom stereocenters. The van der Waals surface area contributed by atoms with Crippen molar-refractivity contribution >= 4 is 0 Å². The van der Waals surface area contributed by atoms with Crippen LogP contribution in [0.5, 0.6) is 5.75 Å². The SMILES string of the molecule is Cc1ccc(C)c(OCCCN(C)CC2(O)CCCC2)c1. The lowest BCUT2D eigenvalue weighted by molar-refractivity contribution is 0.0155. The molecule has 0 amide bonds. The second-order valence-corrected chi connectivity index (χ2v) is 6.64. The summed E-state index contributed by atoms with van der Waals surface area (Å²) in [7, 11) is 2.09. The van der Waals surface area contributed by atoms with Gasteiger partial charge in [0.05, 0.1) is 12.2 Å². The Morgan fingerprint density at radius 1 is 1.24 bits per heavy atom. The van der Waals surface area contributed by atoms with Crippen LogP contribution in [-0.4, -0.2) is 42.4 Å². The van der Waals surface area contributed by atoms with E-state index in [2.05, 4.69) is 44.0 Å². The molecule has 1 aliphatic carbocycles. The molecular formula is C18H29NO2. The van der Waals surface area contributed by atoms with Gasteiger partial charge < -0.3 is 14.7 Å². The van der Waals surface area contributed by atoms with Crippen LogP contribution in [0.1, 0.15) is 43.2 Å². The van der Waals surface area contributed by atoms with Crippen LogP contribution in [0.2, 0.25) is 0 Å². The summed E-state index contributed by atoms with van der Waals surface area (Å²) in [4.78, 5) is 2.23. The van der Waals surface area contributed by atoms with E-state index in [4.69, 9.17) is 4.74 Å². The zero-order chi connectivity index (χ0) is 15.3. The van der Waals surface area contributed by atoms with Crippen molar-refractivity contribution in [3.63, 3.8) is 0 Å². The molecule has 1 saturated carbocycles. The molecule has 1 aromatic carbocycles. The van der Waals surface area contributed by atoms with Crippen LogP contribution in [0.3, 0.4) is 0 Å². The highest BCUT2D eigenvalue weighted by Crippen LogP contribution is 2.29. The average Bonchev–Trinajstić information content (AvgIpc) is 2.85. The lowest BCUT2D eigenvalue weighted by Crippen LogP contribution is -2.39. The first-order chi connectivity index (χ1) is 9.98. The summed E-state index contributed by atoms with van der Waals surface area (Å²) in [6.07, 6.45) is 5.23. The molecular weight excluding hydrogens is 262 g/mol. The Morgan fingerprint density at radius 3 is 2.67 bits per heavy atom. The molecule has 21 heavy (non-hydrogen) atoms. The third kappa shape index (κ3) is 5.01.